The fourth-order valence-electron chi connectivity index (χ4n) is 3.13. The Morgan fingerprint density at radius 3 is 2.55 bits per heavy atom. The summed E-state index contributed by atoms with van der Waals surface area (Å²) in [4.78, 5) is 11.6. The summed E-state index contributed by atoms with van der Waals surface area (Å²) in [5, 5.41) is 2.82. The predicted molar refractivity (Wildman–Crippen MR) is 78.3 cm³/mol. The van der Waals surface area contributed by atoms with Crippen molar-refractivity contribution < 1.29 is 18.0 Å². The van der Waals surface area contributed by atoms with Crippen LogP contribution in [0.3, 0.4) is 0 Å². The quantitative estimate of drug-likeness (QED) is 0.878. The molecule has 2 rings (SSSR count). The van der Waals surface area contributed by atoms with Gasteiger partial charge >= 0.3 is 6.18 Å². The van der Waals surface area contributed by atoms with Gasteiger partial charge in [-0.25, -0.2) is 0 Å². The standard InChI is InChI=1S/C16H21F3N2O/c17-16(18,19)13-5-3-4-12(10-13)15(7-1-2-8-15)11-21-14(22)6-9-20/h3-5,10H,1-2,6-9,11,20H2,(H,21,22). The number of carbonyl (C=O) groups excluding carboxylic acids is 1. The van der Waals surface area contributed by atoms with Gasteiger partial charge in [0.15, 0.2) is 0 Å². The molecular formula is C16H21F3N2O. The molecule has 0 heterocycles. The lowest BCUT2D eigenvalue weighted by Crippen LogP contribution is -2.39. The van der Waals surface area contributed by atoms with Crippen molar-refractivity contribution in [2.45, 2.75) is 43.7 Å². The number of benzene rings is 1. The number of rotatable bonds is 5. The molecule has 0 spiro atoms. The van der Waals surface area contributed by atoms with Crippen molar-refractivity contribution in [2.24, 2.45) is 5.73 Å². The minimum Gasteiger partial charge on any atom is -0.355 e. The van der Waals surface area contributed by atoms with Crippen LogP contribution in [0.1, 0.15) is 43.2 Å². The first-order chi connectivity index (χ1) is 10.4. The number of alkyl halides is 3. The van der Waals surface area contributed by atoms with Crippen molar-refractivity contribution in [3.8, 4) is 0 Å². The van der Waals surface area contributed by atoms with Gasteiger partial charge in [0.1, 0.15) is 0 Å². The minimum atomic E-state index is -4.35. The van der Waals surface area contributed by atoms with E-state index >= 15 is 0 Å². The number of nitrogens with one attached hydrogen (secondary N) is 1. The maximum absolute atomic E-state index is 12.9. The number of hydrogen-bond donors (Lipinski definition) is 2. The van der Waals surface area contributed by atoms with E-state index in [1.165, 1.54) is 12.1 Å². The molecule has 1 aliphatic rings. The third-order valence-corrected chi connectivity index (χ3v) is 4.36. The van der Waals surface area contributed by atoms with Crippen molar-refractivity contribution in [3.63, 3.8) is 0 Å². The summed E-state index contributed by atoms with van der Waals surface area (Å²) in [5.74, 6) is -0.152. The van der Waals surface area contributed by atoms with E-state index in [0.29, 0.717) is 12.1 Å². The molecule has 1 amide bonds. The van der Waals surface area contributed by atoms with Crippen molar-refractivity contribution in [1.82, 2.24) is 5.32 Å². The SMILES string of the molecule is NCCC(=O)NCC1(c2cccc(C(F)(F)F)c2)CCCC1. The van der Waals surface area contributed by atoms with Crippen LogP contribution in [0.15, 0.2) is 24.3 Å². The highest BCUT2D eigenvalue weighted by molar-refractivity contribution is 5.76. The predicted octanol–water partition coefficient (Wildman–Crippen LogP) is 2.98. The molecule has 6 heteroatoms. The lowest BCUT2D eigenvalue weighted by molar-refractivity contribution is -0.137. The first kappa shape index (κ1) is 16.8. The molecule has 0 aromatic heterocycles. The topological polar surface area (TPSA) is 55.1 Å². The van der Waals surface area contributed by atoms with E-state index in [-0.39, 0.29) is 18.9 Å². The Balaban J connectivity index is 2.22. The van der Waals surface area contributed by atoms with Crippen LogP contribution in [0.5, 0.6) is 0 Å². The Kier molecular flexibility index (Phi) is 5.11. The number of carbonyl (C=O) groups is 1. The first-order valence-electron chi connectivity index (χ1n) is 7.52. The van der Waals surface area contributed by atoms with Gasteiger partial charge in [0.05, 0.1) is 5.56 Å². The zero-order chi connectivity index (χ0) is 16.2. The van der Waals surface area contributed by atoms with Crippen LogP contribution in [-0.2, 0) is 16.4 Å². The summed E-state index contributed by atoms with van der Waals surface area (Å²) >= 11 is 0. The third kappa shape index (κ3) is 3.80. The van der Waals surface area contributed by atoms with Gasteiger partial charge in [-0.3, -0.25) is 4.79 Å². The fraction of sp³-hybridized carbons (Fsp3) is 0.562. The van der Waals surface area contributed by atoms with E-state index in [9.17, 15) is 18.0 Å². The average molecular weight is 314 g/mol. The molecule has 0 aliphatic heterocycles. The Labute approximate surface area is 128 Å². The van der Waals surface area contributed by atoms with Gasteiger partial charge in [-0.15, -0.1) is 0 Å². The summed E-state index contributed by atoms with van der Waals surface area (Å²) in [6.07, 6.45) is -0.613. The van der Waals surface area contributed by atoms with Crippen LogP contribution >= 0.6 is 0 Å². The maximum Gasteiger partial charge on any atom is 0.416 e. The molecule has 1 fully saturated rings. The van der Waals surface area contributed by atoms with Gasteiger partial charge in [0.25, 0.3) is 0 Å². The van der Waals surface area contributed by atoms with E-state index in [4.69, 9.17) is 5.73 Å². The van der Waals surface area contributed by atoms with Crippen molar-refractivity contribution >= 4 is 5.91 Å². The second kappa shape index (κ2) is 6.69. The van der Waals surface area contributed by atoms with Crippen LogP contribution in [-0.4, -0.2) is 19.0 Å². The molecule has 1 aliphatic carbocycles. The summed E-state index contributed by atoms with van der Waals surface area (Å²) in [6.45, 7) is 0.634. The summed E-state index contributed by atoms with van der Waals surface area (Å²) in [6, 6.07) is 5.48. The minimum absolute atomic E-state index is 0.152. The van der Waals surface area contributed by atoms with Crippen LogP contribution < -0.4 is 11.1 Å². The molecule has 0 radical (unpaired) electrons. The van der Waals surface area contributed by atoms with Crippen molar-refractivity contribution in [1.29, 1.82) is 0 Å². The molecule has 0 unspecified atom stereocenters. The van der Waals surface area contributed by atoms with E-state index < -0.39 is 17.2 Å². The van der Waals surface area contributed by atoms with Crippen LogP contribution in [0.4, 0.5) is 13.2 Å². The number of amides is 1. The number of hydrogen-bond acceptors (Lipinski definition) is 2. The lowest BCUT2D eigenvalue weighted by Gasteiger charge is -2.30. The second-order valence-corrected chi connectivity index (χ2v) is 5.88. The molecule has 0 saturated heterocycles. The highest BCUT2D eigenvalue weighted by atomic mass is 19.4. The molecule has 0 atom stereocenters. The first-order valence-corrected chi connectivity index (χ1v) is 7.52. The largest absolute Gasteiger partial charge is 0.416 e. The van der Waals surface area contributed by atoms with Gasteiger partial charge in [-0.1, -0.05) is 31.0 Å². The van der Waals surface area contributed by atoms with Crippen molar-refractivity contribution in [2.75, 3.05) is 13.1 Å². The molecule has 1 saturated carbocycles. The van der Waals surface area contributed by atoms with E-state index in [0.717, 1.165) is 31.7 Å². The van der Waals surface area contributed by atoms with Crippen LogP contribution in [0, 0.1) is 0 Å². The molecule has 122 valence electrons. The maximum atomic E-state index is 12.9. The van der Waals surface area contributed by atoms with E-state index in [2.05, 4.69) is 5.32 Å². The molecular weight excluding hydrogens is 293 g/mol. The summed E-state index contributed by atoms with van der Waals surface area (Å²) in [5.41, 5.74) is 4.97. The monoisotopic (exact) mass is 314 g/mol. The van der Waals surface area contributed by atoms with Gasteiger partial charge < -0.3 is 11.1 Å². The highest BCUT2D eigenvalue weighted by Crippen LogP contribution is 2.42. The Morgan fingerprint density at radius 1 is 1.27 bits per heavy atom. The lowest BCUT2D eigenvalue weighted by atomic mass is 9.78. The normalized spacial score (nSPS) is 17.5. The Morgan fingerprint density at radius 2 is 1.95 bits per heavy atom. The van der Waals surface area contributed by atoms with Crippen molar-refractivity contribution in [3.05, 3.63) is 35.4 Å². The smallest absolute Gasteiger partial charge is 0.355 e. The molecule has 22 heavy (non-hydrogen) atoms. The van der Waals surface area contributed by atoms with E-state index in [1.54, 1.807) is 6.07 Å². The molecule has 1 aromatic rings. The molecule has 0 bridgehead atoms. The third-order valence-electron chi connectivity index (χ3n) is 4.36. The zero-order valence-electron chi connectivity index (χ0n) is 12.4. The average Bonchev–Trinajstić information content (AvgIpc) is 2.95. The van der Waals surface area contributed by atoms with Crippen LogP contribution in [0.25, 0.3) is 0 Å². The summed E-state index contributed by atoms with van der Waals surface area (Å²) in [7, 11) is 0. The van der Waals surface area contributed by atoms with E-state index in [1.807, 2.05) is 0 Å². The summed E-state index contributed by atoms with van der Waals surface area (Å²) < 4.78 is 38.7. The fourth-order valence-corrected chi connectivity index (χ4v) is 3.13. The second-order valence-electron chi connectivity index (χ2n) is 5.88. The van der Waals surface area contributed by atoms with Gasteiger partial charge in [0, 0.05) is 24.9 Å². The number of nitrogens with two attached hydrogens (primary N) is 1. The zero-order valence-corrected chi connectivity index (χ0v) is 12.4. The van der Waals surface area contributed by atoms with Gasteiger partial charge in [0.2, 0.25) is 5.91 Å². The number of halogens is 3. The Hall–Kier alpha value is -1.56. The Bertz CT molecular complexity index is 522. The molecule has 3 N–H and O–H groups in total. The van der Waals surface area contributed by atoms with Crippen LogP contribution in [0.2, 0.25) is 0 Å². The molecule has 1 aromatic carbocycles. The van der Waals surface area contributed by atoms with Gasteiger partial charge in [-0.05, 0) is 24.5 Å². The highest BCUT2D eigenvalue weighted by Gasteiger charge is 2.38. The van der Waals surface area contributed by atoms with Gasteiger partial charge in [-0.2, -0.15) is 13.2 Å². The molecule has 3 nitrogen and oxygen atoms in total.